The van der Waals surface area contributed by atoms with E-state index < -0.39 is 6.03 Å². The molecule has 0 saturated carbocycles. The average molecular weight is 223 g/mol. The largest absolute Gasteiger partial charge is 0.385 e. The number of amides is 3. The maximum atomic E-state index is 11.0. The highest BCUT2D eigenvalue weighted by atomic mass is 35.5. The summed E-state index contributed by atoms with van der Waals surface area (Å²) in [5.74, 6) is -0.160. The van der Waals surface area contributed by atoms with Gasteiger partial charge in [0.15, 0.2) is 0 Å². The highest BCUT2D eigenvalue weighted by molar-refractivity contribution is 6.19. The van der Waals surface area contributed by atoms with Crippen LogP contribution in [0.5, 0.6) is 0 Å². The number of rotatable bonds is 6. The predicted molar refractivity (Wildman–Crippen MR) is 53.4 cm³/mol. The lowest BCUT2D eigenvalue weighted by molar-refractivity contribution is -0.119. The van der Waals surface area contributed by atoms with Crippen LogP contribution < -0.4 is 10.6 Å². The summed E-state index contributed by atoms with van der Waals surface area (Å²) in [5, 5.41) is 4.66. The third-order valence-corrected chi connectivity index (χ3v) is 1.57. The third-order valence-electron chi connectivity index (χ3n) is 1.39. The van der Waals surface area contributed by atoms with Crippen LogP contribution in [0.1, 0.15) is 12.8 Å². The molecule has 0 heterocycles. The maximum absolute atomic E-state index is 11.0. The molecule has 0 bridgehead atoms. The summed E-state index contributed by atoms with van der Waals surface area (Å²) in [5.41, 5.74) is 0. The van der Waals surface area contributed by atoms with Crippen molar-refractivity contribution in [1.82, 2.24) is 10.6 Å². The fraction of sp³-hybridized carbons (Fsp3) is 0.750. The molecule has 0 aliphatic carbocycles. The van der Waals surface area contributed by atoms with Gasteiger partial charge in [0, 0.05) is 32.6 Å². The molecule has 0 unspecified atom stereocenters. The Morgan fingerprint density at radius 1 is 1.43 bits per heavy atom. The van der Waals surface area contributed by atoms with Crippen molar-refractivity contribution in [3.8, 4) is 0 Å². The minimum atomic E-state index is -0.490. The van der Waals surface area contributed by atoms with Gasteiger partial charge in [-0.2, -0.15) is 0 Å². The van der Waals surface area contributed by atoms with E-state index >= 15 is 0 Å². The zero-order valence-electron chi connectivity index (χ0n) is 8.14. The number of hydrogen-bond acceptors (Lipinski definition) is 3. The number of carbonyl (C=O) groups is 2. The molecule has 0 spiro atoms. The molecule has 0 aliphatic rings. The van der Waals surface area contributed by atoms with E-state index in [-0.39, 0.29) is 18.2 Å². The summed E-state index contributed by atoms with van der Waals surface area (Å²) in [7, 11) is 1.59. The Balaban J connectivity index is 3.40. The molecule has 0 aromatic rings. The Labute approximate surface area is 88.1 Å². The van der Waals surface area contributed by atoms with Gasteiger partial charge < -0.3 is 10.1 Å². The number of carbonyl (C=O) groups excluding carboxylic acids is 2. The van der Waals surface area contributed by atoms with Crippen molar-refractivity contribution < 1.29 is 14.3 Å². The predicted octanol–water partition coefficient (Wildman–Crippen LogP) is 0.478. The normalized spacial score (nSPS) is 9.57. The zero-order valence-corrected chi connectivity index (χ0v) is 8.89. The van der Waals surface area contributed by atoms with Crippen LogP contribution in [-0.4, -0.2) is 38.1 Å². The molecule has 0 aromatic heterocycles. The minimum absolute atomic E-state index is 0.146. The Morgan fingerprint density at radius 2 is 2.14 bits per heavy atom. The van der Waals surface area contributed by atoms with E-state index in [0.29, 0.717) is 19.6 Å². The first-order chi connectivity index (χ1) is 6.70. The van der Waals surface area contributed by atoms with E-state index in [1.54, 1.807) is 7.11 Å². The fourth-order valence-electron chi connectivity index (χ4n) is 0.738. The van der Waals surface area contributed by atoms with Gasteiger partial charge in [0.25, 0.3) is 0 Å². The van der Waals surface area contributed by atoms with E-state index in [9.17, 15) is 9.59 Å². The van der Waals surface area contributed by atoms with Gasteiger partial charge in [-0.05, 0) is 6.42 Å². The van der Waals surface area contributed by atoms with Crippen molar-refractivity contribution in [1.29, 1.82) is 0 Å². The van der Waals surface area contributed by atoms with Crippen LogP contribution in [0.15, 0.2) is 0 Å². The van der Waals surface area contributed by atoms with Crippen molar-refractivity contribution >= 4 is 23.5 Å². The molecule has 0 aliphatic heterocycles. The zero-order chi connectivity index (χ0) is 10.8. The first-order valence-electron chi connectivity index (χ1n) is 4.33. The number of nitrogens with one attached hydrogen (secondary N) is 2. The molecule has 3 amide bonds. The molecule has 2 N–H and O–H groups in total. The van der Waals surface area contributed by atoms with Gasteiger partial charge >= 0.3 is 6.03 Å². The summed E-state index contributed by atoms with van der Waals surface area (Å²) in [6.45, 7) is 1.06. The molecule has 5 nitrogen and oxygen atoms in total. The second-order valence-corrected chi connectivity index (χ2v) is 2.97. The lowest BCUT2D eigenvalue weighted by atomic mass is 10.4. The number of halogens is 1. The second kappa shape index (κ2) is 8.77. The quantitative estimate of drug-likeness (QED) is 0.507. The van der Waals surface area contributed by atoms with Crippen LogP contribution in [0.3, 0.4) is 0 Å². The van der Waals surface area contributed by atoms with E-state index in [1.165, 1.54) is 0 Å². The molecule has 0 fully saturated rings. The number of hydrogen-bond donors (Lipinski definition) is 2. The van der Waals surface area contributed by atoms with Crippen molar-refractivity contribution in [2.45, 2.75) is 12.8 Å². The Bertz CT molecular complexity index is 187. The smallest absolute Gasteiger partial charge is 0.321 e. The SMILES string of the molecule is COCCCNC(=O)NC(=O)CCCl. The van der Waals surface area contributed by atoms with Gasteiger partial charge in [-0.25, -0.2) is 4.79 Å². The van der Waals surface area contributed by atoms with Gasteiger partial charge in [0.1, 0.15) is 0 Å². The van der Waals surface area contributed by atoms with Gasteiger partial charge in [0.2, 0.25) is 5.91 Å². The van der Waals surface area contributed by atoms with Gasteiger partial charge in [-0.3, -0.25) is 10.1 Å². The Kier molecular flexibility index (Phi) is 8.27. The second-order valence-electron chi connectivity index (χ2n) is 2.59. The number of urea groups is 1. The number of ether oxygens (including phenoxy) is 1. The van der Waals surface area contributed by atoms with Crippen LogP contribution >= 0.6 is 11.6 Å². The molecular weight excluding hydrogens is 208 g/mol. The maximum Gasteiger partial charge on any atom is 0.321 e. The van der Waals surface area contributed by atoms with Gasteiger partial charge in [-0.15, -0.1) is 11.6 Å². The molecule has 0 atom stereocenters. The fourth-order valence-corrected chi connectivity index (χ4v) is 0.909. The lowest BCUT2D eigenvalue weighted by Crippen LogP contribution is -2.40. The third kappa shape index (κ3) is 7.82. The van der Waals surface area contributed by atoms with Crippen LogP contribution in [0.25, 0.3) is 0 Å². The molecule has 0 aromatic carbocycles. The van der Waals surface area contributed by atoms with E-state index in [0.717, 1.165) is 0 Å². The topological polar surface area (TPSA) is 67.4 Å². The summed E-state index contributed by atoms with van der Waals surface area (Å²) >= 11 is 5.32. The first-order valence-corrected chi connectivity index (χ1v) is 4.86. The summed E-state index contributed by atoms with van der Waals surface area (Å²) < 4.78 is 4.79. The van der Waals surface area contributed by atoms with Crippen LogP contribution in [-0.2, 0) is 9.53 Å². The highest BCUT2D eigenvalue weighted by Crippen LogP contribution is 1.84. The monoisotopic (exact) mass is 222 g/mol. The average Bonchev–Trinajstić information content (AvgIpc) is 2.13. The van der Waals surface area contributed by atoms with Crippen molar-refractivity contribution in [3.63, 3.8) is 0 Å². The van der Waals surface area contributed by atoms with E-state index in [1.807, 2.05) is 0 Å². The molecule has 0 saturated heterocycles. The van der Waals surface area contributed by atoms with Crippen molar-refractivity contribution in [3.05, 3.63) is 0 Å². The summed E-state index contributed by atoms with van der Waals surface area (Å²) in [6, 6.07) is -0.490. The van der Waals surface area contributed by atoms with Crippen LogP contribution in [0.4, 0.5) is 4.79 Å². The lowest BCUT2D eigenvalue weighted by Gasteiger charge is -2.05. The molecule has 0 radical (unpaired) electrons. The molecule has 82 valence electrons. The van der Waals surface area contributed by atoms with E-state index in [2.05, 4.69) is 10.6 Å². The number of alkyl halides is 1. The van der Waals surface area contributed by atoms with Crippen molar-refractivity contribution in [2.24, 2.45) is 0 Å². The van der Waals surface area contributed by atoms with E-state index in [4.69, 9.17) is 16.3 Å². The van der Waals surface area contributed by atoms with Crippen molar-refractivity contribution in [2.75, 3.05) is 26.1 Å². The molecule has 6 heteroatoms. The molecule has 0 rings (SSSR count). The number of imide groups is 1. The summed E-state index contributed by atoms with van der Waals surface area (Å²) in [4.78, 5) is 21.8. The van der Waals surface area contributed by atoms with Gasteiger partial charge in [0.05, 0.1) is 0 Å². The summed E-state index contributed by atoms with van der Waals surface area (Å²) in [6.07, 6.45) is 0.862. The van der Waals surface area contributed by atoms with Gasteiger partial charge in [-0.1, -0.05) is 0 Å². The Hall–Kier alpha value is -0.810. The Morgan fingerprint density at radius 3 is 2.71 bits per heavy atom. The minimum Gasteiger partial charge on any atom is -0.385 e. The van der Waals surface area contributed by atoms with Crippen LogP contribution in [0.2, 0.25) is 0 Å². The number of methoxy groups -OCH3 is 1. The first kappa shape index (κ1) is 13.2. The van der Waals surface area contributed by atoms with Crippen LogP contribution in [0, 0.1) is 0 Å². The molecular formula is C8H15ClN2O3. The highest BCUT2D eigenvalue weighted by Gasteiger charge is 2.05. The standard InChI is InChI=1S/C8H15ClN2O3/c1-14-6-2-5-10-8(13)11-7(12)3-4-9/h2-6H2,1H3,(H2,10,11,12,13). The molecule has 14 heavy (non-hydrogen) atoms.